The Hall–Kier alpha value is -2.52. The maximum Gasteiger partial charge on any atom is 0.408 e. The van der Waals surface area contributed by atoms with Crippen molar-refractivity contribution in [3.05, 3.63) is 0 Å². The van der Waals surface area contributed by atoms with Crippen LogP contribution in [0, 0.1) is 5.92 Å². The second-order valence-corrected chi connectivity index (χ2v) is 8.94. The fourth-order valence-electron chi connectivity index (χ4n) is 2.57. The fourth-order valence-corrected chi connectivity index (χ4v) is 2.57. The molecule has 0 rings (SSSR count). The molecule has 3 N–H and O–H groups in total. The van der Waals surface area contributed by atoms with Crippen molar-refractivity contribution >= 4 is 24.1 Å². The highest BCUT2D eigenvalue weighted by Gasteiger charge is 2.29. The van der Waals surface area contributed by atoms with E-state index in [0.29, 0.717) is 12.8 Å². The van der Waals surface area contributed by atoms with E-state index in [1.165, 1.54) is 7.11 Å². The predicted octanol–water partition coefficient (Wildman–Crippen LogP) is 2.50. The largest absolute Gasteiger partial charge is 0.467 e. The molecule has 0 bridgehead atoms. The lowest BCUT2D eigenvalue weighted by atomic mass is 10.0. The van der Waals surface area contributed by atoms with Crippen molar-refractivity contribution in [1.82, 2.24) is 16.0 Å². The van der Waals surface area contributed by atoms with Gasteiger partial charge in [0.15, 0.2) is 0 Å². The summed E-state index contributed by atoms with van der Waals surface area (Å²) in [5.74, 6) is -0.958. The van der Waals surface area contributed by atoms with E-state index < -0.39 is 41.7 Å². The van der Waals surface area contributed by atoms with E-state index >= 15 is 0 Å². The first kappa shape index (κ1) is 28.5. The fraction of sp³-hybridized carbons (Fsp3) is 0.810. The van der Waals surface area contributed by atoms with Crippen molar-refractivity contribution in [2.75, 3.05) is 13.7 Å². The van der Waals surface area contributed by atoms with E-state index in [2.05, 4.69) is 16.0 Å². The van der Waals surface area contributed by atoms with Crippen molar-refractivity contribution in [2.45, 2.75) is 91.5 Å². The second-order valence-electron chi connectivity index (χ2n) is 8.94. The SMILES string of the molecule is COC(=O)[C@@H](CC(C)C)NC(=O)[C@H](CCCNC(=O)OC(C)C)NC(=O)OC(C)(C)C. The van der Waals surface area contributed by atoms with Gasteiger partial charge in [-0.1, -0.05) is 13.8 Å². The second kappa shape index (κ2) is 13.7. The number of carbonyl (C=O) groups excluding carboxylic acids is 4. The molecule has 0 aromatic heterocycles. The van der Waals surface area contributed by atoms with Crippen molar-refractivity contribution in [1.29, 1.82) is 0 Å². The van der Waals surface area contributed by atoms with Gasteiger partial charge >= 0.3 is 18.2 Å². The molecule has 2 atom stereocenters. The average Bonchev–Trinajstić information content (AvgIpc) is 2.60. The molecule has 0 radical (unpaired) electrons. The van der Waals surface area contributed by atoms with Crippen LogP contribution in [0.2, 0.25) is 0 Å². The molecule has 0 aliphatic carbocycles. The van der Waals surface area contributed by atoms with E-state index in [1.807, 2.05) is 13.8 Å². The van der Waals surface area contributed by atoms with Gasteiger partial charge in [-0.2, -0.15) is 0 Å². The quantitative estimate of drug-likeness (QED) is 0.253. The number of amides is 3. The molecule has 0 aliphatic heterocycles. The zero-order chi connectivity index (χ0) is 24.2. The molecule has 0 saturated heterocycles. The van der Waals surface area contributed by atoms with Gasteiger partial charge in [0, 0.05) is 6.54 Å². The third kappa shape index (κ3) is 14.2. The van der Waals surface area contributed by atoms with Crippen LogP contribution in [0.4, 0.5) is 9.59 Å². The zero-order valence-electron chi connectivity index (χ0n) is 20.0. The molecule has 0 unspecified atom stereocenters. The number of carbonyl (C=O) groups is 4. The van der Waals surface area contributed by atoms with Crippen molar-refractivity contribution in [2.24, 2.45) is 5.92 Å². The molecule has 10 heteroatoms. The lowest BCUT2D eigenvalue weighted by Crippen LogP contribution is -2.53. The summed E-state index contributed by atoms with van der Waals surface area (Å²) < 4.78 is 15.0. The number of methoxy groups -OCH3 is 1. The summed E-state index contributed by atoms with van der Waals surface area (Å²) in [6.07, 6.45) is -0.572. The number of hydrogen-bond acceptors (Lipinski definition) is 7. The molecule has 180 valence electrons. The Labute approximate surface area is 185 Å². The van der Waals surface area contributed by atoms with Crippen molar-refractivity contribution in [3.8, 4) is 0 Å². The average molecular weight is 446 g/mol. The highest BCUT2D eigenvalue weighted by molar-refractivity contribution is 5.89. The van der Waals surface area contributed by atoms with E-state index in [9.17, 15) is 19.2 Å². The number of hydrogen-bond donors (Lipinski definition) is 3. The number of esters is 1. The van der Waals surface area contributed by atoms with Gasteiger partial charge in [-0.15, -0.1) is 0 Å². The van der Waals surface area contributed by atoms with Crippen LogP contribution in [0.15, 0.2) is 0 Å². The number of alkyl carbamates (subject to hydrolysis) is 2. The Kier molecular flexibility index (Phi) is 12.6. The van der Waals surface area contributed by atoms with Gasteiger partial charge in [-0.3, -0.25) is 4.79 Å². The molecule has 0 aromatic carbocycles. The van der Waals surface area contributed by atoms with Gasteiger partial charge in [-0.05, 0) is 59.8 Å². The van der Waals surface area contributed by atoms with Gasteiger partial charge in [0.25, 0.3) is 0 Å². The monoisotopic (exact) mass is 445 g/mol. The molecule has 0 aliphatic rings. The molecule has 31 heavy (non-hydrogen) atoms. The summed E-state index contributed by atoms with van der Waals surface area (Å²) in [6.45, 7) is 12.7. The lowest BCUT2D eigenvalue weighted by Gasteiger charge is -2.25. The molecule has 0 saturated carbocycles. The van der Waals surface area contributed by atoms with Crippen LogP contribution in [0.25, 0.3) is 0 Å². The molecular formula is C21H39N3O7. The van der Waals surface area contributed by atoms with Gasteiger partial charge in [-0.25, -0.2) is 14.4 Å². The van der Waals surface area contributed by atoms with Gasteiger partial charge < -0.3 is 30.2 Å². The van der Waals surface area contributed by atoms with Crippen LogP contribution in [0.5, 0.6) is 0 Å². The Morgan fingerprint density at radius 3 is 2.00 bits per heavy atom. The van der Waals surface area contributed by atoms with Gasteiger partial charge in [0.05, 0.1) is 13.2 Å². The molecule has 0 spiro atoms. The van der Waals surface area contributed by atoms with Crippen LogP contribution >= 0.6 is 0 Å². The van der Waals surface area contributed by atoms with E-state index in [0.717, 1.165) is 0 Å². The summed E-state index contributed by atoms with van der Waals surface area (Å²) >= 11 is 0. The summed E-state index contributed by atoms with van der Waals surface area (Å²) in [4.78, 5) is 48.6. The van der Waals surface area contributed by atoms with Gasteiger partial charge in [0.1, 0.15) is 17.7 Å². The maximum absolute atomic E-state index is 12.8. The predicted molar refractivity (Wildman–Crippen MR) is 115 cm³/mol. The summed E-state index contributed by atoms with van der Waals surface area (Å²) in [5.41, 5.74) is -0.737. The summed E-state index contributed by atoms with van der Waals surface area (Å²) in [7, 11) is 1.25. The lowest BCUT2D eigenvalue weighted by molar-refractivity contribution is -0.145. The Bertz CT molecular complexity index is 600. The van der Waals surface area contributed by atoms with Crippen molar-refractivity contribution in [3.63, 3.8) is 0 Å². The maximum atomic E-state index is 12.8. The van der Waals surface area contributed by atoms with Crippen LogP contribution in [0.1, 0.15) is 67.7 Å². The first-order chi connectivity index (χ1) is 14.2. The third-order valence-electron chi connectivity index (χ3n) is 3.80. The minimum atomic E-state index is -0.961. The molecular weight excluding hydrogens is 406 g/mol. The third-order valence-corrected chi connectivity index (χ3v) is 3.80. The summed E-state index contributed by atoms with van der Waals surface area (Å²) in [5, 5.41) is 7.77. The smallest absolute Gasteiger partial charge is 0.408 e. The highest BCUT2D eigenvalue weighted by Crippen LogP contribution is 2.10. The van der Waals surface area contributed by atoms with Crippen LogP contribution in [-0.4, -0.2) is 61.5 Å². The molecule has 3 amide bonds. The van der Waals surface area contributed by atoms with E-state index in [-0.39, 0.29) is 25.0 Å². The van der Waals surface area contributed by atoms with Crippen LogP contribution in [-0.2, 0) is 23.8 Å². The Morgan fingerprint density at radius 2 is 1.52 bits per heavy atom. The topological polar surface area (TPSA) is 132 Å². The van der Waals surface area contributed by atoms with E-state index in [1.54, 1.807) is 34.6 Å². The number of rotatable bonds is 11. The highest BCUT2D eigenvalue weighted by atomic mass is 16.6. The van der Waals surface area contributed by atoms with E-state index in [4.69, 9.17) is 14.2 Å². The minimum Gasteiger partial charge on any atom is -0.467 e. The molecule has 0 heterocycles. The van der Waals surface area contributed by atoms with Crippen molar-refractivity contribution < 1.29 is 33.4 Å². The Morgan fingerprint density at radius 1 is 0.903 bits per heavy atom. The first-order valence-corrected chi connectivity index (χ1v) is 10.6. The molecule has 10 nitrogen and oxygen atoms in total. The first-order valence-electron chi connectivity index (χ1n) is 10.6. The van der Waals surface area contributed by atoms with Gasteiger partial charge in [0.2, 0.25) is 5.91 Å². The number of nitrogens with one attached hydrogen (secondary N) is 3. The normalized spacial score (nSPS) is 13.2. The zero-order valence-corrected chi connectivity index (χ0v) is 20.0. The van der Waals surface area contributed by atoms with Crippen LogP contribution < -0.4 is 16.0 Å². The summed E-state index contributed by atoms with van der Waals surface area (Å²) in [6, 6.07) is -1.79. The molecule has 0 aromatic rings. The minimum absolute atomic E-state index is 0.137. The van der Waals surface area contributed by atoms with Crippen LogP contribution in [0.3, 0.4) is 0 Å². The Balaban J connectivity index is 5.09. The standard InChI is InChI=1S/C21H39N3O7/c1-13(2)12-16(18(26)29-8)23-17(25)15(24-20(28)31-21(5,6)7)10-9-11-22-19(27)30-14(3)4/h13-16H,9-12H2,1-8H3,(H,22,27)(H,23,25)(H,24,28)/t15-,16+/m0/s1. The number of ether oxygens (including phenoxy) is 3. The molecule has 0 fully saturated rings.